The molecule has 0 spiro atoms. The zero-order valence-electron chi connectivity index (χ0n) is 12.0. The lowest BCUT2D eigenvalue weighted by atomic mass is 10.1. The monoisotopic (exact) mass is 303 g/mol. The Morgan fingerprint density at radius 2 is 2.05 bits per heavy atom. The molecule has 1 amide bonds. The molecule has 2 heterocycles. The first-order valence-electron chi connectivity index (χ1n) is 6.76. The smallest absolute Gasteiger partial charge is 0.273 e. The molecule has 21 heavy (non-hydrogen) atoms. The predicted octanol–water partition coefficient (Wildman–Crippen LogP) is 2.11. The molecular formula is C15H17N3O2S. The van der Waals surface area contributed by atoms with Gasteiger partial charge in [-0.1, -0.05) is 11.3 Å². The molecule has 0 aliphatic carbocycles. The first-order chi connectivity index (χ1) is 10.1. The van der Waals surface area contributed by atoms with Gasteiger partial charge in [-0.2, -0.15) is 0 Å². The fraction of sp³-hybridized carbons (Fsp3) is 0.333. The van der Waals surface area contributed by atoms with Gasteiger partial charge in [-0.25, -0.2) is 4.98 Å². The largest absolute Gasteiger partial charge is 0.463 e. The van der Waals surface area contributed by atoms with Gasteiger partial charge in [0.15, 0.2) is 0 Å². The van der Waals surface area contributed by atoms with Crippen LogP contribution >= 0.6 is 11.3 Å². The predicted molar refractivity (Wildman–Crippen MR) is 83.2 cm³/mol. The van der Waals surface area contributed by atoms with Crippen molar-refractivity contribution < 1.29 is 9.53 Å². The van der Waals surface area contributed by atoms with Crippen molar-refractivity contribution >= 4 is 22.9 Å². The third-order valence-corrected chi connectivity index (χ3v) is 4.10. The molecule has 0 unspecified atom stereocenters. The molecule has 5 nitrogen and oxygen atoms in total. The Morgan fingerprint density at radius 3 is 2.62 bits per heavy atom. The summed E-state index contributed by atoms with van der Waals surface area (Å²) in [5.74, 6) is 0.0549. The number of amides is 1. The van der Waals surface area contributed by atoms with E-state index < -0.39 is 0 Å². The number of aromatic nitrogens is 1. The van der Waals surface area contributed by atoms with Crippen molar-refractivity contribution in [2.75, 3.05) is 32.1 Å². The van der Waals surface area contributed by atoms with E-state index in [2.05, 4.69) is 4.98 Å². The van der Waals surface area contributed by atoms with Crippen LogP contribution in [0.1, 0.15) is 10.4 Å². The molecule has 6 heteroatoms. The molecule has 1 aromatic carbocycles. The second-order valence-corrected chi connectivity index (χ2v) is 6.05. The molecule has 3 rings (SSSR count). The van der Waals surface area contributed by atoms with E-state index in [-0.39, 0.29) is 12.0 Å². The van der Waals surface area contributed by atoms with Gasteiger partial charge in [0.2, 0.25) is 0 Å². The number of hydrogen-bond donors (Lipinski definition) is 0. The minimum atomic E-state index is 0.0549. The van der Waals surface area contributed by atoms with Gasteiger partial charge in [0.1, 0.15) is 6.10 Å². The maximum Gasteiger partial charge on any atom is 0.273 e. The third-order valence-electron chi connectivity index (χ3n) is 3.44. The summed E-state index contributed by atoms with van der Waals surface area (Å²) in [4.78, 5) is 20.2. The van der Waals surface area contributed by atoms with Crippen LogP contribution < -0.4 is 9.64 Å². The van der Waals surface area contributed by atoms with Crippen molar-refractivity contribution in [2.45, 2.75) is 6.10 Å². The Balaban J connectivity index is 1.55. The Hall–Kier alpha value is -2.08. The van der Waals surface area contributed by atoms with Crippen LogP contribution in [0.25, 0.3) is 0 Å². The highest BCUT2D eigenvalue weighted by molar-refractivity contribution is 7.11. The second kappa shape index (κ2) is 5.73. The van der Waals surface area contributed by atoms with Crippen molar-refractivity contribution in [3.63, 3.8) is 0 Å². The minimum absolute atomic E-state index is 0.0549. The van der Waals surface area contributed by atoms with Gasteiger partial charge in [0.25, 0.3) is 11.1 Å². The summed E-state index contributed by atoms with van der Waals surface area (Å²) in [6.07, 6.45) is 1.77. The summed E-state index contributed by atoms with van der Waals surface area (Å²) in [6, 6.07) is 7.65. The molecule has 1 saturated heterocycles. The Bertz CT molecular complexity index is 604. The lowest BCUT2D eigenvalue weighted by Gasteiger charge is -2.38. The molecule has 2 aromatic rings. The topological polar surface area (TPSA) is 45.7 Å². The molecule has 0 radical (unpaired) electrons. The average Bonchev–Trinajstić information content (AvgIpc) is 2.95. The molecular weight excluding hydrogens is 286 g/mol. The first-order valence-corrected chi connectivity index (χ1v) is 7.64. The number of carbonyl (C=O) groups excluding carboxylic acids is 1. The number of ether oxygens (including phenoxy) is 1. The van der Waals surface area contributed by atoms with E-state index in [1.54, 1.807) is 11.1 Å². The first kappa shape index (κ1) is 13.9. The summed E-state index contributed by atoms with van der Waals surface area (Å²) >= 11 is 1.47. The van der Waals surface area contributed by atoms with Gasteiger partial charge >= 0.3 is 0 Å². The maximum absolute atomic E-state index is 12.3. The van der Waals surface area contributed by atoms with Crippen LogP contribution in [0.4, 0.5) is 5.69 Å². The third kappa shape index (κ3) is 3.00. The molecule has 110 valence electrons. The highest BCUT2D eigenvalue weighted by Gasteiger charge is 2.33. The number of likely N-dealkylation sites (tertiary alicyclic amines) is 1. The molecule has 1 aromatic heterocycles. The van der Waals surface area contributed by atoms with Crippen molar-refractivity contribution in [3.8, 4) is 5.19 Å². The van der Waals surface area contributed by atoms with Crippen LogP contribution in [0.5, 0.6) is 5.19 Å². The molecule has 0 atom stereocenters. The number of carbonyl (C=O) groups is 1. The van der Waals surface area contributed by atoms with E-state index in [1.807, 2.05) is 48.6 Å². The van der Waals surface area contributed by atoms with E-state index in [9.17, 15) is 4.79 Å². The van der Waals surface area contributed by atoms with Crippen molar-refractivity contribution in [2.24, 2.45) is 0 Å². The van der Waals surface area contributed by atoms with Gasteiger partial charge in [0.05, 0.1) is 13.1 Å². The normalized spacial score (nSPS) is 14.7. The number of thiazole rings is 1. The highest BCUT2D eigenvalue weighted by atomic mass is 32.1. The highest BCUT2D eigenvalue weighted by Crippen LogP contribution is 2.22. The Labute approximate surface area is 127 Å². The summed E-state index contributed by atoms with van der Waals surface area (Å²) in [5, 5.41) is 2.55. The summed E-state index contributed by atoms with van der Waals surface area (Å²) in [7, 11) is 3.96. The Morgan fingerprint density at radius 1 is 1.33 bits per heavy atom. The molecule has 1 aliphatic heterocycles. The molecule has 1 aliphatic rings. The molecule has 0 saturated carbocycles. The lowest BCUT2D eigenvalue weighted by Crippen LogP contribution is -2.56. The van der Waals surface area contributed by atoms with Gasteiger partial charge in [-0.15, -0.1) is 0 Å². The van der Waals surface area contributed by atoms with Crippen LogP contribution in [0, 0.1) is 0 Å². The Kier molecular flexibility index (Phi) is 3.79. The minimum Gasteiger partial charge on any atom is -0.463 e. The zero-order chi connectivity index (χ0) is 14.8. The van der Waals surface area contributed by atoms with Crippen LogP contribution in [-0.2, 0) is 0 Å². The van der Waals surface area contributed by atoms with E-state index in [4.69, 9.17) is 4.74 Å². The second-order valence-electron chi connectivity index (χ2n) is 5.19. The zero-order valence-corrected chi connectivity index (χ0v) is 12.8. The lowest BCUT2D eigenvalue weighted by molar-refractivity contribution is 0.0177. The SMILES string of the molecule is CN(C)c1ccc(C(=O)N2CC(Oc3nccs3)C2)cc1. The van der Waals surface area contributed by atoms with Crippen LogP contribution in [-0.4, -0.2) is 49.1 Å². The fourth-order valence-electron chi connectivity index (χ4n) is 2.17. The van der Waals surface area contributed by atoms with Crippen LogP contribution in [0.15, 0.2) is 35.8 Å². The summed E-state index contributed by atoms with van der Waals surface area (Å²) in [6.45, 7) is 1.24. The van der Waals surface area contributed by atoms with Gasteiger partial charge < -0.3 is 14.5 Å². The van der Waals surface area contributed by atoms with Crippen molar-refractivity contribution in [3.05, 3.63) is 41.4 Å². The van der Waals surface area contributed by atoms with Gasteiger partial charge in [-0.05, 0) is 24.3 Å². The van der Waals surface area contributed by atoms with Crippen LogP contribution in [0.2, 0.25) is 0 Å². The number of nitrogens with zero attached hydrogens (tertiary/aromatic N) is 3. The quantitative estimate of drug-likeness (QED) is 0.868. The van der Waals surface area contributed by atoms with E-state index in [0.717, 1.165) is 5.69 Å². The van der Waals surface area contributed by atoms with Gasteiger partial charge in [0, 0.05) is 36.9 Å². The number of hydrogen-bond acceptors (Lipinski definition) is 5. The van der Waals surface area contributed by atoms with E-state index >= 15 is 0 Å². The molecule has 0 N–H and O–H groups in total. The maximum atomic E-state index is 12.3. The fourth-order valence-corrected chi connectivity index (χ4v) is 2.73. The van der Waals surface area contributed by atoms with Crippen molar-refractivity contribution in [1.29, 1.82) is 0 Å². The average molecular weight is 303 g/mol. The molecule has 1 fully saturated rings. The van der Waals surface area contributed by atoms with Crippen molar-refractivity contribution in [1.82, 2.24) is 9.88 Å². The van der Waals surface area contributed by atoms with Gasteiger partial charge in [-0.3, -0.25) is 4.79 Å². The van der Waals surface area contributed by atoms with E-state index in [0.29, 0.717) is 23.8 Å². The van der Waals surface area contributed by atoms with E-state index in [1.165, 1.54) is 11.3 Å². The summed E-state index contributed by atoms with van der Waals surface area (Å²) < 4.78 is 5.66. The van der Waals surface area contributed by atoms with Crippen LogP contribution in [0.3, 0.4) is 0 Å². The molecule has 0 bridgehead atoms. The number of benzene rings is 1. The number of anilines is 1. The standard InChI is InChI=1S/C15H17N3O2S/c1-17(2)12-5-3-11(4-6-12)14(19)18-9-13(10-18)20-15-16-7-8-21-15/h3-8,13H,9-10H2,1-2H3. The number of rotatable bonds is 4. The summed E-state index contributed by atoms with van der Waals surface area (Å²) in [5.41, 5.74) is 1.80.